The summed E-state index contributed by atoms with van der Waals surface area (Å²) in [5, 5.41) is 24.0. The molecule has 1 unspecified atom stereocenters. The van der Waals surface area contributed by atoms with Crippen LogP contribution in [0.2, 0.25) is 0 Å². The van der Waals surface area contributed by atoms with Crippen molar-refractivity contribution in [2.45, 2.75) is 33.4 Å². The summed E-state index contributed by atoms with van der Waals surface area (Å²) in [4.78, 5) is 11.4. The van der Waals surface area contributed by atoms with Crippen LogP contribution in [0.1, 0.15) is 26.3 Å². The number of carbonyl (C=O) groups is 1. The van der Waals surface area contributed by atoms with E-state index in [4.69, 9.17) is 9.47 Å². The smallest absolute Gasteiger partial charge is 0.346 e. The van der Waals surface area contributed by atoms with Crippen molar-refractivity contribution in [2.24, 2.45) is 5.92 Å². The number of carboxylic acids is 1. The zero-order valence-corrected chi connectivity index (χ0v) is 17.1. The topological polar surface area (TPSA) is 111 Å². The number of carboxylic acid groups (broad SMARTS) is 1. The fraction of sp³-hybridized carbons (Fsp3) is 0.333. The van der Waals surface area contributed by atoms with Gasteiger partial charge in [0.2, 0.25) is 0 Å². The lowest BCUT2D eigenvalue weighted by atomic mass is 10.0. The highest BCUT2D eigenvalue weighted by molar-refractivity contribution is 5.73. The van der Waals surface area contributed by atoms with E-state index in [0.29, 0.717) is 24.7 Å². The van der Waals surface area contributed by atoms with Gasteiger partial charge in [-0.2, -0.15) is 4.68 Å². The summed E-state index contributed by atoms with van der Waals surface area (Å²) < 4.78 is 13.2. The minimum absolute atomic E-state index is 0.0340. The molecule has 3 rings (SSSR count). The second-order valence-corrected chi connectivity index (χ2v) is 6.97. The first-order valence-electron chi connectivity index (χ1n) is 9.73. The van der Waals surface area contributed by atoms with E-state index < -0.39 is 12.0 Å². The van der Waals surface area contributed by atoms with Crippen LogP contribution in [-0.4, -0.2) is 43.9 Å². The van der Waals surface area contributed by atoms with Gasteiger partial charge in [-0.3, -0.25) is 4.79 Å². The average molecular weight is 411 g/mol. The molecule has 0 aliphatic rings. The van der Waals surface area contributed by atoms with Crippen molar-refractivity contribution < 1.29 is 19.4 Å². The van der Waals surface area contributed by atoms with Crippen molar-refractivity contribution in [1.82, 2.24) is 25.5 Å². The molecule has 0 aliphatic carbocycles. The molecule has 3 aromatic rings. The van der Waals surface area contributed by atoms with Crippen LogP contribution < -0.4 is 14.8 Å². The molecule has 9 nitrogen and oxygen atoms in total. The number of aliphatic carboxylic acids is 1. The van der Waals surface area contributed by atoms with Crippen LogP contribution in [0.3, 0.4) is 0 Å². The van der Waals surface area contributed by atoms with Gasteiger partial charge < -0.3 is 19.9 Å². The fourth-order valence-corrected chi connectivity index (χ4v) is 2.92. The average Bonchev–Trinajstić information content (AvgIpc) is 3.18. The molecule has 9 heteroatoms. The van der Waals surface area contributed by atoms with Gasteiger partial charge in [-0.15, -0.1) is 0 Å². The molecular weight excluding hydrogens is 386 g/mol. The van der Waals surface area contributed by atoms with Gasteiger partial charge in [0.05, 0.1) is 12.3 Å². The third-order valence-corrected chi connectivity index (χ3v) is 4.41. The zero-order chi connectivity index (χ0) is 21.5. The quantitative estimate of drug-likeness (QED) is 0.524. The van der Waals surface area contributed by atoms with E-state index in [1.165, 1.54) is 4.68 Å². The minimum Gasteiger partial charge on any atom is -0.490 e. The first kappa shape index (κ1) is 21.3. The van der Waals surface area contributed by atoms with Crippen molar-refractivity contribution >= 4 is 5.97 Å². The third kappa shape index (κ3) is 5.12. The van der Waals surface area contributed by atoms with Crippen molar-refractivity contribution in [3.8, 4) is 23.2 Å². The van der Waals surface area contributed by atoms with Crippen LogP contribution in [0.4, 0.5) is 0 Å². The Morgan fingerprint density at radius 2 is 1.93 bits per heavy atom. The number of para-hydroxylation sites is 1. The number of aromatic nitrogens is 4. The van der Waals surface area contributed by atoms with E-state index in [-0.39, 0.29) is 11.9 Å². The highest BCUT2D eigenvalue weighted by atomic mass is 16.5. The highest BCUT2D eigenvalue weighted by Gasteiger charge is 2.21. The Bertz CT molecular complexity index is 975. The van der Waals surface area contributed by atoms with Gasteiger partial charge in [0.1, 0.15) is 6.04 Å². The molecule has 0 radical (unpaired) electrons. The molecule has 0 fully saturated rings. The number of tetrazole rings is 1. The van der Waals surface area contributed by atoms with Gasteiger partial charge in [0.25, 0.3) is 0 Å². The fourth-order valence-electron chi connectivity index (χ4n) is 2.92. The number of ether oxygens (including phenoxy) is 2. The first-order chi connectivity index (χ1) is 14.5. The molecule has 1 aromatic heterocycles. The van der Waals surface area contributed by atoms with E-state index in [1.54, 1.807) is 6.07 Å². The number of hydrogen-bond acceptors (Lipinski definition) is 7. The minimum atomic E-state index is -0.872. The largest absolute Gasteiger partial charge is 0.490 e. The normalized spacial score (nSPS) is 12.0. The van der Waals surface area contributed by atoms with Gasteiger partial charge in [-0.1, -0.05) is 43.2 Å². The van der Waals surface area contributed by atoms with E-state index in [9.17, 15) is 9.90 Å². The van der Waals surface area contributed by atoms with E-state index >= 15 is 0 Å². The molecule has 0 amide bonds. The van der Waals surface area contributed by atoms with Gasteiger partial charge in [-0.25, -0.2) is 0 Å². The molecule has 0 spiro atoms. The molecule has 2 aromatic carbocycles. The summed E-state index contributed by atoms with van der Waals surface area (Å²) in [6.07, 6.45) is 0. The SMILES string of the molecule is CCOc1cc(CNC(C(=O)O)C(C)C)ccc1Oc1nnnn1-c1ccccc1. The Labute approximate surface area is 174 Å². The maximum Gasteiger partial charge on any atom is 0.346 e. The van der Waals surface area contributed by atoms with Crippen LogP contribution in [0, 0.1) is 5.92 Å². The van der Waals surface area contributed by atoms with Crippen molar-refractivity contribution in [1.29, 1.82) is 0 Å². The van der Waals surface area contributed by atoms with E-state index in [0.717, 1.165) is 11.3 Å². The van der Waals surface area contributed by atoms with Crippen LogP contribution in [0.5, 0.6) is 17.5 Å². The summed E-state index contributed by atoms with van der Waals surface area (Å²) in [7, 11) is 0. The Balaban J connectivity index is 1.80. The first-order valence-corrected chi connectivity index (χ1v) is 9.73. The maximum absolute atomic E-state index is 11.4. The molecule has 158 valence electrons. The Hall–Kier alpha value is -3.46. The van der Waals surface area contributed by atoms with Gasteiger partial charge >= 0.3 is 12.0 Å². The summed E-state index contributed by atoms with van der Waals surface area (Å²) in [5.74, 6) is 0.0816. The second kappa shape index (κ2) is 9.84. The molecule has 0 bridgehead atoms. The second-order valence-electron chi connectivity index (χ2n) is 6.97. The van der Waals surface area contributed by atoms with Crippen molar-refractivity contribution in [3.05, 3.63) is 54.1 Å². The molecule has 0 saturated heterocycles. The van der Waals surface area contributed by atoms with Crippen LogP contribution >= 0.6 is 0 Å². The van der Waals surface area contributed by atoms with Gasteiger partial charge in [0, 0.05) is 6.54 Å². The third-order valence-electron chi connectivity index (χ3n) is 4.41. The van der Waals surface area contributed by atoms with Crippen LogP contribution in [0.25, 0.3) is 5.69 Å². The lowest BCUT2D eigenvalue weighted by Crippen LogP contribution is -2.40. The predicted octanol–water partition coefficient (Wildman–Crippen LogP) is 3.05. The Kier molecular flexibility index (Phi) is 6.97. The number of nitrogens with one attached hydrogen (secondary N) is 1. The highest BCUT2D eigenvalue weighted by Crippen LogP contribution is 2.32. The molecule has 1 atom stereocenters. The predicted molar refractivity (Wildman–Crippen MR) is 110 cm³/mol. The lowest BCUT2D eigenvalue weighted by Gasteiger charge is -2.18. The Morgan fingerprint density at radius 1 is 1.17 bits per heavy atom. The standard InChI is InChI=1S/C21H25N5O4/c1-4-29-18-12-15(13-22-19(14(2)3)20(27)28)10-11-17(18)30-21-23-24-25-26(21)16-8-6-5-7-9-16/h5-12,14,19,22H,4,13H2,1-3H3,(H,27,28). The lowest BCUT2D eigenvalue weighted by molar-refractivity contribution is -0.140. The summed E-state index contributed by atoms with van der Waals surface area (Å²) in [6, 6.07) is 14.4. The van der Waals surface area contributed by atoms with Crippen molar-refractivity contribution in [2.75, 3.05) is 6.61 Å². The van der Waals surface area contributed by atoms with E-state index in [2.05, 4.69) is 20.8 Å². The number of benzene rings is 2. The Morgan fingerprint density at radius 3 is 2.60 bits per heavy atom. The molecule has 30 heavy (non-hydrogen) atoms. The molecule has 2 N–H and O–H groups in total. The number of rotatable bonds is 10. The van der Waals surface area contributed by atoms with Gasteiger partial charge in [0.15, 0.2) is 11.5 Å². The molecular formula is C21H25N5O4. The summed E-state index contributed by atoms with van der Waals surface area (Å²) >= 11 is 0. The maximum atomic E-state index is 11.4. The number of hydrogen-bond donors (Lipinski definition) is 2. The molecule has 0 saturated carbocycles. The van der Waals surface area contributed by atoms with E-state index in [1.807, 2.05) is 63.2 Å². The summed E-state index contributed by atoms with van der Waals surface area (Å²) in [6.45, 7) is 6.44. The monoisotopic (exact) mass is 411 g/mol. The zero-order valence-electron chi connectivity index (χ0n) is 17.1. The molecule has 0 aliphatic heterocycles. The van der Waals surface area contributed by atoms with Crippen LogP contribution in [0.15, 0.2) is 48.5 Å². The van der Waals surface area contributed by atoms with Gasteiger partial charge in [-0.05, 0) is 53.1 Å². The van der Waals surface area contributed by atoms with Crippen LogP contribution in [-0.2, 0) is 11.3 Å². The summed E-state index contributed by atoms with van der Waals surface area (Å²) in [5.41, 5.74) is 1.64. The molecule has 1 heterocycles. The number of nitrogens with zero attached hydrogens (tertiary/aromatic N) is 4. The van der Waals surface area contributed by atoms with Crippen molar-refractivity contribution in [3.63, 3.8) is 0 Å².